The highest BCUT2D eigenvalue weighted by Crippen LogP contribution is 2.12. The smallest absolute Gasteiger partial charge is 0.220 e. The van der Waals surface area contributed by atoms with Crippen molar-refractivity contribution in [1.29, 1.82) is 0 Å². The van der Waals surface area contributed by atoms with E-state index in [9.17, 15) is 9.90 Å². The second-order valence-corrected chi connectivity index (χ2v) is 6.38. The number of phenols is 1. The van der Waals surface area contributed by atoms with E-state index in [1.54, 1.807) is 12.1 Å². The van der Waals surface area contributed by atoms with E-state index in [0.717, 1.165) is 18.4 Å². The maximum atomic E-state index is 11.8. The van der Waals surface area contributed by atoms with Crippen LogP contribution in [0.3, 0.4) is 0 Å². The number of aromatic hydroxyl groups is 1. The molecular formula is C20H33NO2. The van der Waals surface area contributed by atoms with Gasteiger partial charge in [-0.25, -0.2) is 0 Å². The van der Waals surface area contributed by atoms with Crippen molar-refractivity contribution in [3.63, 3.8) is 0 Å². The first-order valence-corrected chi connectivity index (χ1v) is 9.27. The molecule has 3 nitrogen and oxygen atoms in total. The average molecular weight is 319 g/mol. The second kappa shape index (κ2) is 13.0. The van der Waals surface area contributed by atoms with Gasteiger partial charge in [-0.05, 0) is 24.1 Å². The van der Waals surface area contributed by atoms with Crippen molar-refractivity contribution in [2.75, 3.05) is 0 Å². The number of carbonyl (C=O) groups excluding carboxylic acids is 1. The number of nitrogens with one attached hydrogen (secondary N) is 1. The van der Waals surface area contributed by atoms with Gasteiger partial charge in [0.2, 0.25) is 5.91 Å². The number of hydrogen-bond donors (Lipinski definition) is 2. The van der Waals surface area contributed by atoms with Gasteiger partial charge < -0.3 is 10.4 Å². The zero-order valence-corrected chi connectivity index (χ0v) is 14.7. The molecular weight excluding hydrogens is 286 g/mol. The van der Waals surface area contributed by atoms with E-state index in [1.807, 2.05) is 12.1 Å². The lowest BCUT2D eigenvalue weighted by atomic mass is 10.1. The molecule has 0 saturated heterocycles. The van der Waals surface area contributed by atoms with E-state index >= 15 is 0 Å². The fourth-order valence-corrected chi connectivity index (χ4v) is 2.68. The summed E-state index contributed by atoms with van der Waals surface area (Å²) in [7, 11) is 0. The molecule has 0 atom stereocenters. The van der Waals surface area contributed by atoms with Crippen molar-refractivity contribution in [1.82, 2.24) is 5.32 Å². The number of benzene rings is 1. The molecule has 0 aliphatic rings. The number of hydrogen-bond acceptors (Lipinski definition) is 2. The second-order valence-electron chi connectivity index (χ2n) is 6.38. The largest absolute Gasteiger partial charge is 0.508 e. The lowest BCUT2D eigenvalue weighted by Crippen LogP contribution is -2.22. The number of amides is 1. The van der Waals surface area contributed by atoms with Crippen molar-refractivity contribution < 1.29 is 9.90 Å². The van der Waals surface area contributed by atoms with Gasteiger partial charge in [-0.2, -0.15) is 0 Å². The number of unbranched alkanes of at least 4 members (excludes halogenated alkanes) is 9. The predicted molar refractivity (Wildman–Crippen MR) is 96.4 cm³/mol. The van der Waals surface area contributed by atoms with Gasteiger partial charge in [0, 0.05) is 13.0 Å². The molecule has 0 saturated carbocycles. The van der Waals surface area contributed by atoms with Gasteiger partial charge in [-0.1, -0.05) is 76.8 Å². The van der Waals surface area contributed by atoms with Gasteiger partial charge >= 0.3 is 0 Å². The highest BCUT2D eigenvalue weighted by Gasteiger charge is 2.01. The number of phenolic OH excluding ortho intramolecular Hbond substituents is 1. The summed E-state index contributed by atoms with van der Waals surface area (Å²) in [5.74, 6) is 0.378. The van der Waals surface area contributed by atoms with E-state index < -0.39 is 0 Å². The summed E-state index contributed by atoms with van der Waals surface area (Å²) >= 11 is 0. The summed E-state index contributed by atoms with van der Waals surface area (Å²) in [5.41, 5.74) is 1.01. The van der Waals surface area contributed by atoms with Crippen LogP contribution in [0.4, 0.5) is 0 Å². The van der Waals surface area contributed by atoms with Crippen molar-refractivity contribution in [3.8, 4) is 5.75 Å². The minimum atomic E-state index is 0.123. The normalized spacial score (nSPS) is 10.7. The standard InChI is InChI=1S/C20H33NO2/c1-2-3-4-5-6-7-8-9-10-11-12-20(23)21-17-18-13-15-19(22)16-14-18/h13-16,22H,2-12,17H2,1H3,(H,21,23). The zero-order valence-electron chi connectivity index (χ0n) is 14.7. The molecule has 130 valence electrons. The van der Waals surface area contributed by atoms with Crippen molar-refractivity contribution in [3.05, 3.63) is 29.8 Å². The molecule has 2 N–H and O–H groups in total. The van der Waals surface area contributed by atoms with Crippen molar-refractivity contribution >= 4 is 5.91 Å². The van der Waals surface area contributed by atoms with Crippen LogP contribution in [0.2, 0.25) is 0 Å². The molecule has 0 aliphatic heterocycles. The van der Waals surface area contributed by atoms with Gasteiger partial charge in [0.1, 0.15) is 5.75 Å². The lowest BCUT2D eigenvalue weighted by molar-refractivity contribution is -0.121. The third-order valence-corrected chi connectivity index (χ3v) is 4.18. The first-order chi connectivity index (χ1) is 11.2. The van der Waals surface area contributed by atoms with Crippen molar-refractivity contribution in [2.24, 2.45) is 0 Å². The third kappa shape index (κ3) is 10.8. The molecule has 1 amide bonds. The molecule has 0 aliphatic carbocycles. The molecule has 3 heteroatoms. The van der Waals surface area contributed by atoms with Crippen LogP contribution in [0.1, 0.15) is 83.1 Å². The van der Waals surface area contributed by atoms with Gasteiger partial charge in [-0.3, -0.25) is 4.79 Å². The average Bonchev–Trinajstić information content (AvgIpc) is 2.56. The highest BCUT2D eigenvalue weighted by atomic mass is 16.3. The zero-order chi connectivity index (χ0) is 16.8. The SMILES string of the molecule is CCCCCCCCCCCCC(=O)NCc1ccc(O)cc1. The van der Waals surface area contributed by atoms with Crippen LogP contribution >= 0.6 is 0 Å². The molecule has 0 aromatic heterocycles. The minimum absolute atomic E-state index is 0.123. The van der Waals surface area contributed by atoms with E-state index in [2.05, 4.69) is 12.2 Å². The molecule has 0 spiro atoms. The van der Waals surface area contributed by atoms with Crippen LogP contribution in [0.25, 0.3) is 0 Å². The molecule has 1 aromatic rings. The summed E-state index contributed by atoms with van der Waals surface area (Å²) in [5, 5.41) is 12.1. The van der Waals surface area contributed by atoms with Crippen LogP contribution in [0, 0.1) is 0 Å². The van der Waals surface area contributed by atoms with Gasteiger partial charge in [0.25, 0.3) is 0 Å². The lowest BCUT2D eigenvalue weighted by Gasteiger charge is -2.06. The maximum absolute atomic E-state index is 11.8. The number of carbonyl (C=O) groups is 1. The minimum Gasteiger partial charge on any atom is -0.508 e. The highest BCUT2D eigenvalue weighted by molar-refractivity contribution is 5.75. The maximum Gasteiger partial charge on any atom is 0.220 e. The molecule has 0 bridgehead atoms. The Kier molecular flexibility index (Phi) is 11.0. The fraction of sp³-hybridized carbons (Fsp3) is 0.650. The van der Waals surface area contributed by atoms with Crippen LogP contribution < -0.4 is 5.32 Å². The summed E-state index contributed by atoms with van der Waals surface area (Å²) in [6, 6.07) is 6.94. The topological polar surface area (TPSA) is 49.3 Å². The molecule has 0 fully saturated rings. The Balaban J connectivity index is 1.91. The fourth-order valence-electron chi connectivity index (χ4n) is 2.68. The van der Waals surface area contributed by atoms with Crippen LogP contribution in [-0.2, 0) is 11.3 Å². The first kappa shape index (κ1) is 19.5. The van der Waals surface area contributed by atoms with Gasteiger partial charge in [0.15, 0.2) is 0 Å². The summed E-state index contributed by atoms with van der Waals surface area (Å²) < 4.78 is 0. The summed E-state index contributed by atoms with van der Waals surface area (Å²) in [4.78, 5) is 11.8. The van der Waals surface area contributed by atoms with E-state index in [1.165, 1.54) is 51.4 Å². The molecule has 23 heavy (non-hydrogen) atoms. The summed E-state index contributed by atoms with van der Waals surface area (Å²) in [6.45, 7) is 2.79. The van der Waals surface area contributed by atoms with Crippen molar-refractivity contribution in [2.45, 2.75) is 84.1 Å². The Morgan fingerprint density at radius 2 is 1.39 bits per heavy atom. The van der Waals surface area contributed by atoms with E-state index in [-0.39, 0.29) is 11.7 Å². The van der Waals surface area contributed by atoms with Crippen LogP contribution in [0.15, 0.2) is 24.3 Å². The molecule has 1 rings (SSSR count). The summed E-state index contributed by atoms with van der Waals surface area (Å²) in [6.07, 6.45) is 13.5. The third-order valence-electron chi connectivity index (χ3n) is 4.18. The first-order valence-electron chi connectivity index (χ1n) is 9.27. The van der Waals surface area contributed by atoms with Crippen LogP contribution in [0.5, 0.6) is 5.75 Å². The van der Waals surface area contributed by atoms with E-state index in [4.69, 9.17) is 0 Å². The molecule has 0 heterocycles. The quantitative estimate of drug-likeness (QED) is 0.483. The predicted octanol–water partition coefficient (Wildman–Crippen LogP) is 5.32. The van der Waals surface area contributed by atoms with Crippen LogP contribution in [-0.4, -0.2) is 11.0 Å². The van der Waals surface area contributed by atoms with E-state index in [0.29, 0.717) is 13.0 Å². The Morgan fingerprint density at radius 3 is 1.96 bits per heavy atom. The Labute approximate surface area is 141 Å². The molecule has 0 radical (unpaired) electrons. The Hall–Kier alpha value is -1.51. The van der Waals surface area contributed by atoms with Gasteiger partial charge in [-0.15, -0.1) is 0 Å². The molecule has 1 aromatic carbocycles. The van der Waals surface area contributed by atoms with Gasteiger partial charge in [0.05, 0.1) is 0 Å². The Morgan fingerprint density at radius 1 is 0.870 bits per heavy atom. The number of rotatable bonds is 13. The monoisotopic (exact) mass is 319 g/mol. The molecule has 0 unspecified atom stereocenters. The Bertz CT molecular complexity index is 414.